The van der Waals surface area contributed by atoms with E-state index in [-0.39, 0.29) is 29.6 Å². The van der Waals surface area contributed by atoms with Crippen LogP contribution in [-0.4, -0.2) is 39.7 Å². The first-order chi connectivity index (χ1) is 11.5. The number of aryl methyl sites for hydroxylation is 1. The summed E-state index contributed by atoms with van der Waals surface area (Å²) in [7, 11) is 1.41. The Hall–Kier alpha value is -3.29. The number of benzene rings is 1. The van der Waals surface area contributed by atoms with E-state index in [1.807, 2.05) is 0 Å². The van der Waals surface area contributed by atoms with Crippen molar-refractivity contribution in [1.29, 1.82) is 0 Å². The van der Waals surface area contributed by atoms with Crippen LogP contribution in [0.3, 0.4) is 0 Å². The lowest BCUT2D eigenvalue weighted by atomic mass is 10.1. The average Bonchev–Trinajstić information content (AvgIpc) is 2.79. The Kier molecular flexibility index (Phi) is 3.95. The number of carbonyl (C=O) groups excluding carboxylic acids is 3. The summed E-state index contributed by atoms with van der Waals surface area (Å²) in [5, 5.41) is 0. The van der Waals surface area contributed by atoms with Crippen molar-refractivity contribution in [3.05, 3.63) is 47.3 Å². The SMILES string of the molecule is CN1C(=O)c2ccc(OC(=O)CCc3cnc(N)nc3)cc2C1=O. The number of imide groups is 1. The lowest BCUT2D eigenvalue weighted by Crippen LogP contribution is -2.24. The van der Waals surface area contributed by atoms with E-state index >= 15 is 0 Å². The summed E-state index contributed by atoms with van der Waals surface area (Å²) in [6, 6.07) is 4.38. The van der Waals surface area contributed by atoms with Crippen LogP contribution in [-0.2, 0) is 11.2 Å². The molecule has 2 heterocycles. The minimum atomic E-state index is -0.461. The third kappa shape index (κ3) is 2.94. The lowest BCUT2D eigenvalue weighted by Gasteiger charge is -2.05. The highest BCUT2D eigenvalue weighted by molar-refractivity contribution is 6.21. The van der Waals surface area contributed by atoms with Crippen molar-refractivity contribution in [2.75, 3.05) is 12.8 Å². The molecule has 8 nitrogen and oxygen atoms in total. The van der Waals surface area contributed by atoms with Crippen molar-refractivity contribution in [2.24, 2.45) is 0 Å². The zero-order chi connectivity index (χ0) is 17.3. The molecule has 2 amide bonds. The van der Waals surface area contributed by atoms with E-state index in [0.717, 1.165) is 10.5 Å². The molecule has 24 heavy (non-hydrogen) atoms. The Morgan fingerprint density at radius 1 is 1.17 bits per heavy atom. The number of nitrogen functional groups attached to an aromatic ring is 1. The second kappa shape index (κ2) is 6.07. The highest BCUT2D eigenvalue weighted by Crippen LogP contribution is 2.26. The van der Waals surface area contributed by atoms with Gasteiger partial charge in [-0.15, -0.1) is 0 Å². The highest BCUT2D eigenvalue weighted by atomic mass is 16.5. The Morgan fingerprint density at radius 3 is 2.54 bits per heavy atom. The van der Waals surface area contributed by atoms with Crippen molar-refractivity contribution >= 4 is 23.7 Å². The van der Waals surface area contributed by atoms with Crippen molar-refractivity contribution in [1.82, 2.24) is 14.9 Å². The molecule has 1 aromatic carbocycles. The molecule has 0 saturated heterocycles. The summed E-state index contributed by atoms with van der Waals surface area (Å²) in [6.45, 7) is 0. The van der Waals surface area contributed by atoms with Crippen LogP contribution in [0.1, 0.15) is 32.7 Å². The summed E-state index contributed by atoms with van der Waals surface area (Å²) < 4.78 is 5.22. The lowest BCUT2D eigenvalue weighted by molar-refractivity contribution is -0.134. The number of amides is 2. The van der Waals surface area contributed by atoms with Gasteiger partial charge in [0, 0.05) is 19.4 Å². The zero-order valence-electron chi connectivity index (χ0n) is 12.9. The van der Waals surface area contributed by atoms with E-state index in [1.54, 1.807) is 12.4 Å². The minimum Gasteiger partial charge on any atom is -0.426 e. The summed E-state index contributed by atoms with van der Waals surface area (Å²) in [6.07, 6.45) is 3.62. The van der Waals surface area contributed by atoms with E-state index in [4.69, 9.17) is 10.5 Å². The van der Waals surface area contributed by atoms with Gasteiger partial charge in [-0.3, -0.25) is 19.3 Å². The third-order valence-corrected chi connectivity index (χ3v) is 3.64. The number of esters is 1. The first-order valence-corrected chi connectivity index (χ1v) is 7.19. The molecule has 0 bridgehead atoms. The fourth-order valence-corrected chi connectivity index (χ4v) is 2.33. The fourth-order valence-electron chi connectivity index (χ4n) is 2.33. The van der Waals surface area contributed by atoms with Crippen LogP contribution in [0.15, 0.2) is 30.6 Å². The Bertz CT molecular complexity index is 832. The molecule has 0 saturated carbocycles. The van der Waals surface area contributed by atoms with E-state index < -0.39 is 11.9 Å². The highest BCUT2D eigenvalue weighted by Gasteiger charge is 2.33. The van der Waals surface area contributed by atoms with Crippen LogP contribution in [0.25, 0.3) is 0 Å². The van der Waals surface area contributed by atoms with Gasteiger partial charge in [-0.25, -0.2) is 9.97 Å². The molecule has 0 aliphatic carbocycles. The van der Waals surface area contributed by atoms with Gasteiger partial charge in [0.05, 0.1) is 17.5 Å². The standard InChI is InChI=1S/C16H14N4O4/c1-20-14(22)11-4-3-10(6-12(11)15(20)23)24-13(21)5-2-9-7-18-16(17)19-8-9/h3-4,6-8H,2,5H2,1H3,(H2,17,18,19). The maximum absolute atomic E-state index is 11.9. The van der Waals surface area contributed by atoms with E-state index in [2.05, 4.69) is 9.97 Å². The average molecular weight is 326 g/mol. The summed E-state index contributed by atoms with van der Waals surface area (Å²) in [4.78, 5) is 44.3. The zero-order valence-corrected chi connectivity index (χ0v) is 12.9. The second-order valence-corrected chi connectivity index (χ2v) is 5.30. The van der Waals surface area contributed by atoms with Gasteiger partial charge in [-0.05, 0) is 30.2 Å². The molecule has 1 aliphatic heterocycles. The Balaban J connectivity index is 1.64. The normalized spacial score (nSPS) is 13.1. The van der Waals surface area contributed by atoms with E-state index in [9.17, 15) is 14.4 Å². The topological polar surface area (TPSA) is 115 Å². The quantitative estimate of drug-likeness (QED) is 0.502. The Labute approximate surface area is 137 Å². The molecule has 1 aromatic heterocycles. The second-order valence-electron chi connectivity index (χ2n) is 5.30. The molecular weight excluding hydrogens is 312 g/mol. The van der Waals surface area contributed by atoms with Crippen LogP contribution in [0.5, 0.6) is 5.75 Å². The van der Waals surface area contributed by atoms with Crippen molar-refractivity contribution < 1.29 is 19.1 Å². The van der Waals surface area contributed by atoms with E-state index in [0.29, 0.717) is 12.0 Å². The molecule has 2 aromatic rings. The van der Waals surface area contributed by atoms with E-state index in [1.165, 1.54) is 25.2 Å². The minimum absolute atomic E-state index is 0.122. The van der Waals surface area contributed by atoms with Crippen molar-refractivity contribution in [3.8, 4) is 5.75 Å². The summed E-state index contributed by atoms with van der Waals surface area (Å²) >= 11 is 0. The number of aromatic nitrogens is 2. The molecule has 3 rings (SSSR count). The third-order valence-electron chi connectivity index (χ3n) is 3.64. The summed E-state index contributed by atoms with van der Waals surface area (Å²) in [5.41, 5.74) is 6.70. The molecule has 0 spiro atoms. The van der Waals surface area contributed by atoms with Crippen molar-refractivity contribution in [3.63, 3.8) is 0 Å². The number of rotatable bonds is 4. The first kappa shape index (κ1) is 15.6. The smallest absolute Gasteiger partial charge is 0.311 e. The molecule has 0 atom stereocenters. The Morgan fingerprint density at radius 2 is 1.83 bits per heavy atom. The number of hydrogen-bond donors (Lipinski definition) is 1. The molecule has 0 radical (unpaired) electrons. The number of nitrogens with two attached hydrogens (primary N) is 1. The van der Waals surface area contributed by atoms with Gasteiger partial charge in [0.25, 0.3) is 11.8 Å². The first-order valence-electron chi connectivity index (χ1n) is 7.19. The number of anilines is 1. The largest absolute Gasteiger partial charge is 0.426 e. The maximum Gasteiger partial charge on any atom is 0.311 e. The molecule has 8 heteroatoms. The van der Waals surface area contributed by atoms with Gasteiger partial charge in [0.2, 0.25) is 5.95 Å². The van der Waals surface area contributed by atoms with Crippen LogP contribution in [0, 0.1) is 0 Å². The number of hydrogen-bond acceptors (Lipinski definition) is 7. The fraction of sp³-hybridized carbons (Fsp3) is 0.188. The van der Waals surface area contributed by atoms with Gasteiger partial charge >= 0.3 is 5.97 Å². The van der Waals surface area contributed by atoms with Crippen LogP contribution < -0.4 is 10.5 Å². The maximum atomic E-state index is 11.9. The molecule has 2 N–H and O–H groups in total. The van der Waals surface area contributed by atoms with Crippen LogP contribution in [0.4, 0.5) is 5.95 Å². The van der Waals surface area contributed by atoms with Gasteiger partial charge in [-0.2, -0.15) is 0 Å². The van der Waals surface area contributed by atoms with Gasteiger partial charge < -0.3 is 10.5 Å². The number of ether oxygens (including phenoxy) is 1. The predicted molar refractivity (Wildman–Crippen MR) is 83.3 cm³/mol. The number of carbonyl (C=O) groups is 3. The number of nitrogens with zero attached hydrogens (tertiary/aromatic N) is 3. The molecule has 1 aliphatic rings. The molecule has 0 unspecified atom stereocenters. The predicted octanol–water partition coefficient (Wildman–Crippen LogP) is 0.823. The van der Waals surface area contributed by atoms with Crippen LogP contribution in [0.2, 0.25) is 0 Å². The van der Waals surface area contributed by atoms with Gasteiger partial charge in [0.15, 0.2) is 0 Å². The molecule has 122 valence electrons. The van der Waals surface area contributed by atoms with Gasteiger partial charge in [-0.1, -0.05) is 0 Å². The molecule has 0 fully saturated rings. The van der Waals surface area contributed by atoms with Crippen molar-refractivity contribution in [2.45, 2.75) is 12.8 Å². The molecular formula is C16H14N4O4. The summed E-state index contributed by atoms with van der Waals surface area (Å²) in [5.74, 6) is -0.840. The van der Waals surface area contributed by atoms with Crippen LogP contribution >= 0.6 is 0 Å². The number of fused-ring (bicyclic) bond motifs is 1. The monoisotopic (exact) mass is 326 g/mol. The van der Waals surface area contributed by atoms with Gasteiger partial charge in [0.1, 0.15) is 5.75 Å².